The highest BCUT2D eigenvalue weighted by atomic mass is 16.7. The van der Waals surface area contributed by atoms with Crippen molar-refractivity contribution in [2.24, 2.45) is 17.8 Å². The van der Waals surface area contributed by atoms with Crippen LogP contribution in [-0.4, -0.2) is 48.9 Å². The minimum absolute atomic E-state index is 0.0240. The van der Waals surface area contributed by atoms with E-state index >= 15 is 0 Å². The van der Waals surface area contributed by atoms with Gasteiger partial charge in [-0.15, -0.1) is 0 Å². The Morgan fingerprint density at radius 1 is 1.26 bits per heavy atom. The number of hydrogen-bond acceptors (Lipinski definition) is 8. The normalized spacial score (nSPS) is 23.2. The molecule has 0 saturated carbocycles. The van der Waals surface area contributed by atoms with E-state index in [-0.39, 0.29) is 29.2 Å². The maximum absolute atomic E-state index is 13.1. The van der Waals surface area contributed by atoms with Gasteiger partial charge in [0.2, 0.25) is 6.79 Å². The van der Waals surface area contributed by atoms with E-state index in [4.69, 9.17) is 18.9 Å². The molecule has 1 aliphatic heterocycles. The predicted octanol–water partition coefficient (Wildman–Crippen LogP) is 3.89. The number of carbonyl (C=O) groups excluding carboxylic acids is 3. The molecule has 2 heterocycles. The van der Waals surface area contributed by atoms with Gasteiger partial charge in [0.25, 0.3) is 5.91 Å². The van der Waals surface area contributed by atoms with Crippen LogP contribution in [0.2, 0.25) is 0 Å². The van der Waals surface area contributed by atoms with Crippen LogP contribution in [0, 0.1) is 17.8 Å². The Hall–Kier alpha value is -2.84. The van der Waals surface area contributed by atoms with Crippen LogP contribution in [0.5, 0.6) is 11.5 Å². The maximum Gasteiger partial charge on any atom is 0.328 e. The second kappa shape index (κ2) is 13.2. The van der Waals surface area contributed by atoms with Crippen LogP contribution in [0.15, 0.2) is 12.3 Å². The van der Waals surface area contributed by atoms with Crippen molar-refractivity contribution in [1.82, 2.24) is 10.3 Å². The number of aromatic nitrogens is 1. The van der Waals surface area contributed by atoms with E-state index in [1.165, 1.54) is 26.3 Å². The number of ether oxygens (including phenoxy) is 4. The number of esters is 2. The van der Waals surface area contributed by atoms with E-state index in [1.54, 1.807) is 0 Å². The molecule has 1 aliphatic rings. The topological polar surface area (TPSA) is 113 Å². The fourth-order valence-corrected chi connectivity index (χ4v) is 4.10. The number of nitrogens with one attached hydrogen (secondary N) is 1. The van der Waals surface area contributed by atoms with Gasteiger partial charge in [-0.3, -0.25) is 9.59 Å². The summed E-state index contributed by atoms with van der Waals surface area (Å²) in [6, 6.07) is 0.717. The number of hydrogen-bond donors (Lipinski definition) is 1. The number of rotatable bonds is 9. The Bertz CT molecular complexity index is 843. The van der Waals surface area contributed by atoms with Crippen LogP contribution in [0.3, 0.4) is 0 Å². The number of carbonyl (C=O) groups is 3. The molecule has 0 aliphatic carbocycles. The van der Waals surface area contributed by atoms with E-state index in [9.17, 15) is 14.4 Å². The Kier molecular flexibility index (Phi) is 10.6. The van der Waals surface area contributed by atoms with Crippen LogP contribution in [0.4, 0.5) is 0 Å². The molecule has 1 saturated heterocycles. The van der Waals surface area contributed by atoms with Gasteiger partial charge in [0.1, 0.15) is 12.1 Å². The van der Waals surface area contributed by atoms with Crippen molar-refractivity contribution in [3.8, 4) is 11.5 Å². The summed E-state index contributed by atoms with van der Waals surface area (Å²) in [5.41, 5.74) is -0.0737. The maximum atomic E-state index is 13.1. The van der Waals surface area contributed by atoms with Crippen LogP contribution in [-0.2, 0) is 19.1 Å². The van der Waals surface area contributed by atoms with E-state index in [2.05, 4.69) is 31.1 Å². The monoisotopic (exact) mass is 478 g/mol. The van der Waals surface area contributed by atoms with Gasteiger partial charge in [0, 0.05) is 19.2 Å². The van der Waals surface area contributed by atoms with Crippen LogP contribution >= 0.6 is 0 Å². The third kappa shape index (κ3) is 7.88. The van der Waals surface area contributed by atoms with Crippen LogP contribution in [0.1, 0.15) is 77.2 Å². The number of cyclic esters (lactones) is 1. The van der Waals surface area contributed by atoms with Gasteiger partial charge in [-0.1, -0.05) is 33.6 Å². The van der Waals surface area contributed by atoms with E-state index in [0.29, 0.717) is 18.3 Å². The molecule has 34 heavy (non-hydrogen) atoms. The Morgan fingerprint density at radius 3 is 2.65 bits per heavy atom. The summed E-state index contributed by atoms with van der Waals surface area (Å²) in [6.07, 6.45) is 5.60. The summed E-state index contributed by atoms with van der Waals surface area (Å²) >= 11 is 0. The number of pyridine rings is 1. The highest BCUT2D eigenvalue weighted by Crippen LogP contribution is 2.32. The van der Waals surface area contributed by atoms with Crippen molar-refractivity contribution in [3.05, 3.63) is 18.0 Å². The zero-order valence-corrected chi connectivity index (χ0v) is 21.1. The molecule has 0 radical (unpaired) electrons. The average molecular weight is 479 g/mol. The molecule has 2 rings (SSSR count). The number of methoxy groups -OCH3 is 1. The molecule has 1 N–H and O–H groups in total. The lowest BCUT2D eigenvalue weighted by Crippen LogP contribution is -2.43. The van der Waals surface area contributed by atoms with Gasteiger partial charge < -0.3 is 24.3 Å². The zero-order valence-electron chi connectivity index (χ0n) is 21.1. The molecule has 9 heteroatoms. The highest BCUT2D eigenvalue weighted by Gasteiger charge is 2.32. The van der Waals surface area contributed by atoms with Crippen LogP contribution < -0.4 is 14.8 Å². The van der Waals surface area contributed by atoms with Crippen molar-refractivity contribution in [1.29, 1.82) is 0 Å². The zero-order chi connectivity index (χ0) is 25.3. The van der Waals surface area contributed by atoms with Crippen molar-refractivity contribution in [3.63, 3.8) is 0 Å². The van der Waals surface area contributed by atoms with E-state index < -0.39 is 30.7 Å². The Labute approximate surface area is 201 Å². The molecular weight excluding hydrogens is 440 g/mol. The average Bonchev–Trinajstić information content (AvgIpc) is 2.83. The summed E-state index contributed by atoms with van der Waals surface area (Å²) in [5.74, 6) is 0.00206. The van der Waals surface area contributed by atoms with Crippen molar-refractivity contribution < 1.29 is 33.3 Å². The molecule has 0 bridgehead atoms. The second-order valence-electron chi connectivity index (χ2n) is 9.28. The highest BCUT2D eigenvalue weighted by molar-refractivity contribution is 5.98. The first kappa shape index (κ1) is 27.4. The lowest BCUT2D eigenvalue weighted by molar-refractivity contribution is -0.153. The molecule has 9 nitrogen and oxygen atoms in total. The lowest BCUT2D eigenvalue weighted by Gasteiger charge is -2.28. The summed E-state index contributed by atoms with van der Waals surface area (Å²) in [6.45, 7) is 9.32. The first-order valence-electron chi connectivity index (χ1n) is 11.9. The van der Waals surface area contributed by atoms with E-state index in [0.717, 1.165) is 25.7 Å². The quantitative estimate of drug-likeness (QED) is 0.420. The molecule has 1 aromatic rings. The van der Waals surface area contributed by atoms with Gasteiger partial charge in [-0.25, -0.2) is 9.78 Å². The summed E-state index contributed by atoms with van der Waals surface area (Å²) in [5, 5.41) is 2.75. The SMILES string of the molecule is COc1ccnc(C(=O)NC2CCCC(CCC(C)C)C(C)C(C)OC2=O)c1OCOC(C)=O. The molecular formula is C25H38N2O7. The van der Waals surface area contributed by atoms with Gasteiger partial charge in [0.05, 0.1) is 7.11 Å². The van der Waals surface area contributed by atoms with Crippen molar-refractivity contribution in [2.45, 2.75) is 78.9 Å². The molecule has 0 aromatic carbocycles. The summed E-state index contributed by atoms with van der Waals surface area (Å²) in [4.78, 5) is 41.2. The molecule has 1 aromatic heterocycles. The third-order valence-electron chi connectivity index (χ3n) is 6.33. The lowest BCUT2D eigenvalue weighted by atomic mass is 9.81. The molecule has 1 amide bonds. The fraction of sp³-hybridized carbons (Fsp3) is 0.680. The smallest absolute Gasteiger partial charge is 0.328 e. The minimum Gasteiger partial charge on any atom is -0.493 e. The fourth-order valence-electron chi connectivity index (χ4n) is 4.10. The van der Waals surface area contributed by atoms with E-state index in [1.807, 2.05) is 6.92 Å². The minimum atomic E-state index is -0.805. The molecule has 4 atom stereocenters. The first-order chi connectivity index (χ1) is 16.1. The second-order valence-corrected chi connectivity index (χ2v) is 9.28. The predicted molar refractivity (Wildman–Crippen MR) is 125 cm³/mol. The standard InChI is InChI=1S/C25H38N2O7/c1-15(2)10-11-19-8-7-9-20(25(30)34-17(4)16(19)3)27-24(29)22-23(33-14-32-18(5)28)21(31-6)12-13-26-22/h12-13,15-17,19-20H,7-11,14H2,1-6H3,(H,27,29). The Balaban J connectivity index is 2.15. The number of amides is 1. The van der Waals surface area contributed by atoms with Crippen molar-refractivity contribution in [2.75, 3.05) is 13.9 Å². The molecule has 0 spiro atoms. The van der Waals surface area contributed by atoms with Gasteiger partial charge >= 0.3 is 11.9 Å². The molecule has 4 unspecified atom stereocenters. The summed E-state index contributed by atoms with van der Waals surface area (Å²) in [7, 11) is 1.42. The van der Waals surface area contributed by atoms with Crippen molar-refractivity contribution >= 4 is 17.8 Å². The Morgan fingerprint density at radius 2 is 2.00 bits per heavy atom. The molecule has 1 fully saturated rings. The third-order valence-corrected chi connectivity index (χ3v) is 6.33. The summed E-state index contributed by atoms with van der Waals surface area (Å²) < 4.78 is 21.3. The number of nitrogens with zero attached hydrogens (tertiary/aromatic N) is 1. The largest absolute Gasteiger partial charge is 0.493 e. The first-order valence-corrected chi connectivity index (χ1v) is 11.9. The van der Waals surface area contributed by atoms with Gasteiger partial charge in [-0.2, -0.15) is 0 Å². The van der Waals surface area contributed by atoms with Gasteiger partial charge in [-0.05, 0) is 43.9 Å². The van der Waals surface area contributed by atoms with Gasteiger partial charge in [0.15, 0.2) is 17.2 Å². The van der Waals surface area contributed by atoms with Crippen LogP contribution in [0.25, 0.3) is 0 Å². The molecule has 190 valence electrons.